The molecule has 0 radical (unpaired) electrons. The lowest BCUT2D eigenvalue weighted by atomic mass is 9.87. The van der Waals surface area contributed by atoms with Crippen LogP contribution >= 0.6 is 0 Å². The van der Waals surface area contributed by atoms with Crippen molar-refractivity contribution in [3.63, 3.8) is 0 Å². The molecule has 3 heterocycles. The zero-order chi connectivity index (χ0) is 33.2. The van der Waals surface area contributed by atoms with Crippen molar-refractivity contribution in [2.24, 2.45) is 0 Å². The van der Waals surface area contributed by atoms with Gasteiger partial charge in [0.1, 0.15) is 5.57 Å². The molecule has 0 saturated heterocycles. The van der Waals surface area contributed by atoms with Crippen LogP contribution in [0.2, 0.25) is 0 Å². The number of carbonyl (C=O) groups excluding carboxylic acids is 2. The standard InChI is InChI=1S/C35H37BF2N4O4/c1-7-45-34(43)32-26(19-21-39(3)4)41-28(30(32)24-15-11-9-12-16-24)23-29-31(25-17-13-10-14-18-25)33(35(44)46-8-2)27(20-22-40(5)6)42(29)36(41,37)38/h9-23H,7-8H2,1-6H3/b21-19+,22-20+. The van der Waals surface area contributed by atoms with Gasteiger partial charge in [-0.3, -0.25) is 0 Å². The number of fused-ring (bicyclic) bond motifs is 2. The minimum absolute atomic E-state index is 0.0110. The maximum absolute atomic E-state index is 17.6. The van der Waals surface area contributed by atoms with Crippen molar-refractivity contribution in [2.75, 3.05) is 41.4 Å². The van der Waals surface area contributed by atoms with Crippen molar-refractivity contribution in [1.82, 2.24) is 14.3 Å². The third kappa shape index (κ3) is 5.68. The van der Waals surface area contributed by atoms with Gasteiger partial charge in [-0.05, 0) is 31.1 Å². The van der Waals surface area contributed by atoms with E-state index in [-0.39, 0.29) is 47.1 Å². The first kappa shape index (κ1) is 32.2. The van der Waals surface area contributed by atoms with E-state index >= 15 is 8.63 Å². The van der Waals surface area contributed by atoms with Crippen LogP contribution in [0.1, 0.15) is 41.2 Å². The fourth-order valence-electron chi connectivity index (χ4n) is 5.83. The Balaban J connectivity index is 1.99. The number of esters is 2. The quantitative estimate of drug-likeness (QED) is 0.203. The van der Waals surface area contributed by atoms with E-state index in [1.54, 1.807) is 119 Å². The Morgan fingerprint density at radius 2 is 1.37 bits per heavy atom. The maximum atomic E-state index is 17.6. The van der Waals surface area contributed by atoms with Crippen LogP contribution in [0.3, 0.4) is 0 Å². The van der Waals surface area contributed by atoms with Crippen LogP contribution in [-0.2, 0) is 14.3 Å². The van der Waals surface area contributed by atoms with Gasteiger partial charge in [0.2, 0.25) is 0 Å². The monoisotopic (exact) mass is 626 g/mol. The van der Waals surface area contributed by atoms with E-state index in [2.05, 4.69) is 0 Å². The fourth-order valence-corrected chi connectivity index (χ4v) is 5.83. The van der Waals surface area contributed by atoms with E-state index in [4.69, 9.17) is 9.47 Å². The highest BCUT2D eigenvalue weighted by Gasteiger charge is 2.58. The Hall–Kier alpha value is -5.19. The minimum Gasteiger partial charge on any atom is -0.462 e. The van der Waals surface area contributed by atoms with Gasteiger partial charge in [-0.15, -0.1) is 0 Å². The average molecular weight is 627 g/mol. The number of rotatable bonds is 10. The number of ether oxygens (including phenoxy) is 2. The summed E-state index contributed by atoms with van der Waals surface area (Å²) in [6.07, 6.45) is 7.86. The molecule has 8 nitrogen and oxygen atoms in total. The highest BCUT2D eigenvalue weighted by Crippen LogP contribution is 2.47. The summed E-state index contributed by atoms with van der Waals surface area (Å²) in [5, 5.41) is 0. The molecular formula is C35H37BF2N4O4. The Kier molecular flexibility index (Phi) is 9.13. The molecule has 0 fully saturated rings. The summed E-state index contributed by atoms with van der Waals surface area (Å²) >= 11 is 0. The Morgan fingerprint density at radius 1 is 0.826 bits per heavy atom. The number of allylic oxidation sites excluding steroid dienone is 2. The van der Waals surface area contributed by atoms with E-state index in [0.29, 0.717) is 22.3 Å². The topological polar surface area (TPSA) is 67.0 Å². The molecule has 5 rings (SSSR count). The maximum Gasteiger partial charge on any atom is 0.737 e. The molecule has 0 unspecified atom stereocenters. The number of halogens is 2. The van der Waals surface area contributed by atoms with E-state index in [9.17, 15) is 9.59 Å². The summed E-state index contributed by atoms with van der Waals surface area (Å²) in [5.41, 5.74) is 2.05. The van der Waals surface area contributed by atoms with Gasteiger partial charge in [-0.1, -0.05) is 60.7 Å². The highest BCUT2D eigenvalue weighted by molar-refractivity contribution is 6.60. The first-order valence-corrected chi connectivity index (χ1v) is 15.1. The van der Waals surface area contributed by atoms with E-state index in [1.807, 2.05) is 12.1 Å². The molecule has 0 N–H and O–H groups in total. The Morgan fingerprint density at radius 3 is 1.93 bits per heavy atom. The Bertz CT molecular complexity index is 1820. The van der Waals surface area contributed by atoms with Gasteiger partial charge in [0.25, 0.3) is 0 Å². The van der Waals surface area contributed by atoms with Gasteiger partial charge in [-0.25, -0.2) is 9.59 Å². The number of aromatic nitrogens is 1. The van der Waals surface area contributed by atoms with Crippen molar-refractivity contribution in [1.29, 1.82) is 0 Å². The molecule has 0 amide bonds. The number of nitrogens with zero attached hydrogens (tertiary/aromatic N) is 4. The lowest BCUT2D eigenvalue weighted by Gasteiger charge is -2.31. The predicted molar refractivity (Wildman–Crippen MR) is 178 cm³/mol. The van der Waals surface area contributed by atoms with Gasteiger partial charge in [0.15, 0.2) is 11.4 Å². The lowest BCUT2D eigenvalue weighted by molar-refractivity contribution is -0.358. The number of carbonyl (C=O) groups is 2. The summed E-state index contributed by atoms with van der Waals surface area (Å²) in [5.74, 6) is -1.43. The second kappa shape index (κ2) is 13.0. The van der Waals surface area contributed by atoms with Crippen molar-refractivity contribution in [2.45, 2.75) is 13.8 Å². The number of hydrogen-bond donors (Lipinski definition) is 0. The van der Waals surface area contributed by atoms with Crippen LogP contribution < -0.4 is 0 Å². The van der Waals surface area contributed by atoms with E-state index in [1.165, 1.54) is 12.2 Å². The summed E-state index contributed by atoms with van der Waals surface area (Å²) in [4.78, 5) is 30.7. The zero-order valence-corrected chi connectivity index (χ0v) is 26.8. The molecule has 0 bridgehead atoms. The fraction of sp³-hybridized carbons (Fsp3) is 0.229. The lowest BCUT2D eigenvalue weighted by Crippen LogP contribution is -2.51. The smallest absolute Gasteiger partial charge is 0.462 e. The van der Waals surface area contributed by atoms with Crippen LogP contribution in [0.25, 0.3) is 28.9 Å². The molecular weight excluding hydrogens is 589 g/mol. The SMILES string of the molecule is CCOC(=O)C1=C(c2ccccc2)C2=Cc3c(-c4ccccc4)c(C(=O)OCC)c(/C=C/N(C)C)n3[B-](F)(F)[N+]2=C1/C=C/N(C)C. The molecule has 0 spiro atoms. The summed E-state index contributed by atoms with van der Waals surface area (Å²) in [6.45, 7) is -1.24. The second-order valence-electron chi connectivity index (χ2n) is 11.2. The Labute approximate surface area is 267 Å². The molecule has 1 aromatic heterocycles. The predicted octanol–water partition coefficient (Wildman–Crippen LogP) is 6.00. The second-order valence-corrected chi connectivity index (χ2v) is 11.2. The molecule has 3 aromatic rings. The molecule has 2 aliphatic heterocycles. The molecule has 2 aromatic carbocycles. The normalized spacial score (nSPS) is 15.3. The van der Waals surface area contributed by atoms with Crippen LogP contribution in [0.5, 0.6) is 0 Å². The number of hydrogen-bond acceptors (Lipinski definition) is 6. The average Bonchev–Trinajstić information content (AvgIpc) is 3.54. The molecule has 0 saturated carbocycles. The summed E-state index contributed by atoms with van der Waals surface area (Å²) in [6, 6.07) is 17.9. The highest BCUT2D eigenvalue weighted by atomic mass is 19.2. The molecule has 46 heavy (non-hydrogen) atoms. The van der Waals surface area contributed by atoms with Crippen LogP contribution in [-0.4, -0.2) is 84.8 Å². The van der Waals surface area contributed by atoms with Crippen molar-refractivity contribution in [3.8, 4) is 11.1 Å². The van der Waals surface area contributed by atoms with Crippen LogP contribution in [0, 0.1) is 0 Å². The third-order valence-electron chi connectivity index (χ3n) is 7.60. The first-order valence-electron chi connectivity index (χ1n) is 15.1. The van der Waals surface area contributed by atoms with Crippen LogP contribution in [0.4, 0.5) is 8.63 Å². The van der Waals surface area contributed by atoms with Gasteiger partial charge < -0.3 is 36.9 Å². The van der Waals surface area contributed by atoms with E-state index < -0.39 is 18.9 Å². The van der Waals surface area contributed by atoms with Gasteiger partial charge in [-0.2, -0.15) is 0 Å². The number of benzene rings is 2. The largest absolute Gasteiger partial charge is 0.737 e. The molecule has 0 atom stereocenters. The van der Waals surface area contributed by atoms with E-state index in [0.717, 1.165) is 8.96 Å². The third-order valence-corrected chi connectivity index (χ3v) is 7.60. The molecule has 11 heteroatoms. The van der Waals surface area contributed by atoms with Crippen molar-refractivity contribution in [3.05, 3.63) is 113 Å². The molecule has 238 valence electrons. The van der Waals surface area contributed by atoms with Crippen molar-refractivity contribution >= 4 is 42.3 Å². The minimum atomic E-state index is -4.72. The van der Waals surface area contributed by atoms with Crippen LogP contribution in [0.15, 0.2) is 90.4 Å². The molecule has 0 aliphatic carbocycles. The summed E-state index contributed by atoms with van der Waals surface area (Å²) in [7, 11) is 7.06. The van der Waals surface area contributed by atoms with Gasteiger partial charge in [0, 0.05) is 69.7 Å². The molecule has 2 aliphatic rings. The first-order chi connectivity index (χ1) is 22.0. The van der Waals surface area contributed by atoms with Gasteiger partial charge >= 0.3 is 18.9 Å². The summed E-state index contributed by atoms with van der Waals surface area (Å²) < 4.78 is 48.1. The zero-order valence-electron chi connectivity index (χ0n) is 26.8. The van der Waals surface area contributed by atoms with Gasteiger partial charge in [0.05, 0.1) is 24.4 Å². The van der Waals surface area contributed by atoms with Crippen molar-refractivity contribution < 1.29 is 32.2 Å².